The van der Waals surface area contributed by atoms with Crippen molar-refractivity contribution >= 4 is 33.2 Å². The lowest BCUT2D eigenvalue weighted by molar-refractivity contribution is -0.384. The minimum absolute atomic E-state index is 0.0699. The van der Waals surface area contributed by atoms with Crippen molar-refractivity contribution in [3.8, 4) is 0 Å². The molecule has 1 N–H and O–H groups in total. The van der Waals surface area contributed by atoms with E-state index in [9.17, 15) is 15.2 Å². The molecule has 1 rings (SSSR count). The summed E-state index contributed by atoms with van der Waals surface area (Å²) in [5, 5.41) is 20.3. The van der Waals surface area contributed by atoms with Crippen LogP contribution in [0.15, 0.2) is 18.2 Å². The van der Waals surface area contributed by atoms with Gasteiger partial charge in [0.05, 0.1) is 11.0 Å². The van der Waals surface area contributed by atoms with Crippen molar-refractivity contribution in [2.24, 2.45) is 0 Å². The molecule has 0 saturated heterocycles. The maximum atomic E-state index is 10.5. The van der Waals surface area contributed by atoms with Gasteiger partial charge in [-0.1, -0.05) is 33.6 Å². The van der Waals surface area contributed by atoms with Crippen LogP contribution in [-0.2, 0) is 0 Å². The molecule has 0 fully saturated rings. The summed E-state index contributed by atoms with van der Waals surface area (Å²) in [5.74, 6) is 0. The zero-order chi connectivity index (χ0) is 10.7. The first-order valence-corrected chi connectivity index (χ1v) is 5.24. The molecule has 0 aliphatic carbocycles. The van der Waals surface area contributed by atoms with Gasteiger partial charge in [0.25, 0.3) is 5.69 Å². The summed E-state index contributed by atoms with van der Waals surface area (Å²) in [6.45, 7) is 0. The fraction of sp³-hybridized carbons (Fsp3) is 0.250. The molecular weight excluding hydrogens is 273 g/mol. The first-order valence-electron chi connectivity index (χ1n) is 3.74. The SMILES string of the molecule is O=[N+]([O-])c1cc([C@@H](O)CBr)ccc1Cl. The number of nitro benzene ring substituents is 1. The smallest absolute Gasteiger partial charge is 0.288 e. The molecule has 0 spiro atoms. The summed E-state index contributed by atoms with van der Waals surface area (Å²) < 4.78 is 0. The van der Waals surface area contributed by atoms with E-state index < -0.39 is 11.0 Å². The van der Waals surface area contributed by atoms with Crippen LogP contribution in [0.3, 0.4) is 0 Å². The second-order valence-corrected chi connectivity index (χ2v) is 3.69. The van der Waals surface area contributed by atoms with Gasteiger partial charge in [-0.05, 0) is 11.6 Å². The summed E-state index contributed by atoms with van der Waals surface area (Å²) in [6.07, 6.45) is -0.758. The van der Waals surface area contributed by atoms with Gasteiger partial charge in [-0.2, -0.15) is 0 Å². The van der Waals surface area contributed by atoms with Crippen LogP contribution in [0.2, 0.25) is 5.02 Å². The molecule has 0 radical (unpaired) electrons. The minimum atomic E-state index is -0.758. The first-order chi connectivity index (χ1) is 6.56. The average molecular weight is 281 g/mol. The molecule has 0 aliphatic rings. The van der Waals surface area contributed by atoms with Crippen LogP contribution < -0.4 is 0 Å². The molecule has 76 valence electrons. The van der Waals surface area contributed by atoms with Crippen molar-refractivity contribution in [1.29, 1.82) is 0 Å². The third-order valence-electron chi connectivity index (χ3n) is 1.70. The summed E-state index contributed by atoms with van der Waals surface area (Å²) >= 11 is 8.68. The predicted octanol–water partition coefficient (Wildman–Crippen LogP) is 2.68. The second kappa shape index (κ2) is 4.72. The molecule has 0 aromatic heterocycles. The van der Waals surface area contributed by atoms with Crippen molar-refractivity contribution in [1.82, 2.24) is 0 Å². The van der Waals surface area contributed by atoms with E-state index in [1.807, 2.05) is 0 Å². The Hall–Kier alpha value is -0.650. The van der Waals surface area contributed by atoms with Crippen LogP contribution in [0.1, 0.15) is 11.7 Å². The highest BCUT2D eigenvalue weighted by molar-refractivity contribution is 9.09. The monoisotopic (exact) mass is 279 g/mol. The number of alkyl halides is 1. The van der Waals surface area contributed by atoms with E-state index in [0.29, 0.717) is 10.9 Å². The van der Waals surface area contributed by atoms with E-state index >= 15 is 0 Å². The molecule has 1 aromatic rings. The van der Waals surface area contributed by atoms with Gasteiger partial charge >= 0.3 is 0 Å². The normalized spacial score (nSPS) is 12.5. The molecule has 0 heterocycles. The van der Waals surface area contributed by atoms with E-state index in [1.54, 1.807) is 6.07 Å². The van der Waals surface area contributed by atoms with Crippen LogP contribution in [-0.4, -0.2) is 15.4 Å². The van der Waals surface area contributed by atoms with E-state index in [1.165, 1.54) is 12.1 Å². The minimum Gasteiger partial charge on any atom is -0.388 e. The largest absolute Gasteiger partial charge is 0.388 e. The Balaban J connectivity index is 3.12. The van der Waals surface area contributed by atoms with Gasteiger partial charge in [-0.15, -0.1) is 0 Å². The van der Waals surface area contributed by atoms with Crippen molar-refractivity contribution in [3.63, 3.8) is 0 Å². The van der Waals surface area contributed by atoms with Gasteiger partial charge in [0.2, 0.25) is 0 Å². The Morgan fingerprint density at radius 2 is 2.29 bits per heavy atom. The molecule has 1 atom stereocenters. The molecule has 0 aliphatic heterocycles. The third-order valence-corrected chi connectivity index (χ3v) is 2.63. The Morgan fingerprint density at radius 3 is 2.79 bits per heavy atom. The lowest BCUT2D eigenvalue weighted by atomic mass is 10.1. The Morgan fingerprint density at radius 1 is 1.64 bits per heavy atom. The molecule has 0 saturated carbocycles. The number of hydrogen-bond donors (Lipinski definition) is 1. The second-order valence-electron chi connectivity index (χ2n) is 2.64. The average Bonchev–Trinajstić information content (AvgIpc) is 2.17. The Kier molecular flexibility index (Phi) is 3.86. The van der Waals surface area contributed by atoms with E-state index in [-0.39, 0.29) is 10.7 Å². The fourth-order valence-corrected chi connectivity index (χ4v) is 1.53. The predicted molar refractivity (Wildman–Crippen MR) is 56.9 cm³/mol. The summed E-state index contributed by atoms with van der Waals surface area (Å²) in [6, 6.07) is 4.23. The summed E-state index contributed by atoms with van der Waals surface area (Å²) in [5.41, 5.74) is 0.280. The first kappa shape index (κ1) is 11.4. The van der Waals surface area contributed by atoms with Gasteiger partial charge < -0.3 is 5.11 Å². The van der Waals surface area contributed by atoms with E-state index in [4.69, 9.17) is 11.6 Å². The Labute approximate surface area is 93.8 Å². The van der Waals surface area contributed by atoms with Crippen molar-refractivity contribution in [2.45, 2.75) is 6.10 Å². The van der Waals surface area contributed by atoms with Gasteiger partial charge in [0.1, 0.15) is 5.02 Å². The highest BCUT2D eigenvalue weighted by Gasteiger charge is 2.15. The highest BCUT2D eigenvalue weighted by Crippen LogP contribution is 2.28. The lowest BCUT2D eigenvalue weighted by Gasteiger charge is -2.06. The van der Waals surface area contributed by atoms with Crippen molar-refractivity contribution < 1.29 is 10.0 Å². The third kappa shape index (κ3) is 2.43. The number of nitro groups is 1. The van der Waals surface area contributed by atoms with Crippen LogP contribution in [0, 0.1) is 10.1 Å². The number of rotatable bonds is 3. The van der Waals surface area contributed by atoms with Gasteiger partial charge in [-0.3, -0.25) is 10.1 Å². The van der Waals surface area contributed by atoms with Crippen LogP contribution in [0.5, 0.6) is 0 Å². The number of halogens is 2. The highest BCUT2D eigenvalue weighted by atomic mass is 79.9. The maximum absolute atomic E-state index is 10.5. The molecule has 0 unspecified atom stereocenters. The number of hydrogen-bond acceptors (Lipinski definition) is 3. The van der Waals surface area contributed by atoms with Gasteiger partial charge in [0.15, 0.2) is 0 Å². The quantitative estimate of drug-likeness (QED) is 0.526. The number of aliphatic hydroxyl groups is 1. The summed E-state index contributed by atoms with van der Waals surface area (Å²) in [7, 11) is 0. The zero-order valence-electron chi connectivity index (χ0n) is 6.98. The lowest BCUT2D eigenvalue weighted by Crippen LogP contribution is -1.99. The standard InChI is InChI=1S/C8H7BrClNO3/c9-4-8(12)5-1-2-6(10)7(3-5)11(13)14/h1-3,8,12H,4H2/t8-/m0/s1. The molecular formula is C8H7BrClNO3. The number of aliphatic hydroxyl groups excluding tert-OH is 1. The fourth-order valence-electron chi connectivity index (χ4n) is 0.966. The van der Waals surface area contributed by atoms with Crippen LogP contribution in [0.25, 0.3) is 0 Å². The number of nitrogens with zero attached hydrogens (tertiary/aromatic N) is 1. The van der Waals surface area contributed by atoms with Crippen molar-refractivity contribution in [2.75, 3.05) is 5.33 Å². The molecule has 0 bridgehead atoms. The molecule has 0 amide bonds. The Bertz CT molecular complexity index is 358. The van der Waals surface area contributed by atoms with Gasteiger partial charge in [0, 0.05) is 11.4 Å². The maximum Gasteiger partial charge on any atom is 0.288 e. The van der Waals surface area contributed by atoms with E-state index in [0.717, 1.165) is 0 Å². The topological polar surface area (TPSA) is 63.4 Å². The molecule has 14 heavy (non-hydrogen) atoms. The molecule has 4 nitrogen and oxygen atoms in total. The van der Waals surface area contributed by atoms with Crippen LogP contribution in [0.4, 0.5) is 5.69 Å². The van der Waals surface area contributed by atoms with Crippen LogP contribution >= 0.6 is 27.5 Å². The van der Waals surface area contributed by atoms with E-state index in [2.05, 4.69) is 15.9 Å². The summed E-state index contributed by atoms with van der Waals surface area (Å²) in [4.78, 5) is 9.94. The van der Waals surface area contributed by atoms with Crippen molar-refractivity contribution in [3.05, 3.63) is 38.9 Å². The zero-order valence-corrected chi connectivity index (χ0v) is 9.33. The number of benzene rings is 1. The van der Waals surface area contributed by atoms with Gasteiger partial charge in [-0.25, -0.2) is 0 Å². The molecule has 1 aromatic carbocycles. The molecule has 6 heteroatoms.